The van der Waals surface area contributed by atoms with E-state index in [1.54, 1.807) is 11.8 Å². The Morgan fingerprint density at radius 3 is 2.35 bits per heavy atom. The monoisotopic (exact) mass is 434 g/mol. The SMILES string of the molecule is C=Cc1cc(-c2cccc(COc3ccc(CCC(=O)O)cc3)c2)ccc1SC.CC. The van der Waals surface area contributed by atoms with Gasteiger partial charge in [-0.2, -0.15) is 0 Å². The maximum Gasteiger partial charge on any atom is 0.303 e. The molecule has 0 atom stereocenters. The Hall–Kier alpha value is -2.98. The molecule has 0 spiro atoms. The lowest BCUT2D eigenvalue weighted by atomic mass is 10.0. The number of hydrogen-bond acceptors (Lipinski definition) is 3. The predicted octanol–water partition coefficient (Wildman–Crippen LogP) is 7.34. The van der Waals surface area contributed by atoms with Crippen molar-refractivity contribution in [2.45, 2.75) is 38.2 Å². The van der Waals surface area contributed by atoms with Crippen molar-refractivity contribution >= 4 is 23.8 Å². The van der Waals surface area contributed by atoms with Crippen molar-refractivity contribution in [2.75, 3.05) is 6.26 Å². The van der Waals surface area contributed by atoms with Crippen LogP contribution in [0.25, 0.3) is 17.2 Å². The fourth-order valence-electron chi connectivity index (χ4n) is 3.08. The predicted molar refractivity (Wildman–Crippen MR) is 132 cm³/mol. The lowest BCUT2D eigenvalue weighted by Crippen LogP contribution is -1.98. The van der Waals surface area contributed by atoms with Gasteiger partial charge in [-0.3, -0.25) is 4.79 Å². The molecule has 0 aliphatic rings. The third-order valence-electron chi connectivity index (χ3n) is 4.67. The molecule has 0 saturated heterocycles. The standard InChI is InChI=1S/C25H24O3S.C2H6/c1-3-20-16-22(10-13-24(20)29-2)21-6-4-5-19(15-21)17-28-23-11-7-18(8-12-23)9-14-25(26)27;1-2/h3-8,10-13,15-16H,1,9,14,17H2,2H3,(H,26,27);1-2H3. The van der Waals surface area contributed by atoms with Gasteiger partial charge in [0.2, 0.25) is 0 Å². The van der Waals surface area contributed by atoms with Gasteiger partial charge in [-0.15, -0.1) is 11.8 Å². The fraction of sp³-hybridized carbons (Fsp3) is 0.222. The molecule has 3 nitrogen and oxygen atoms in total. The van der Waals surface area contributed by atoms with Gasteiger partial charge < -0.3 is 9.84 Å². The second-order valence-electron chi connectivity index (χ2n) is 6.69. The highest BCUT2D eigenvalue weighted by Crippen LogP contribution is 2.28. The first-order valence-electron chi connectivity index (χ1n) is 10.4. The van der Waals surface area contributed by atoms with Gasteiger partial charge in [0.1, 0.15) is 12.4 Å². The maximum absolute atomic E-state index is 10.7. The van der Waals surface area contributed by atoms with Gasteiger partial charge in [0.15, 0.2) is 0 Å². The summed E-state index contributed by atoms with van der Waals surface area (Å²) in [5, 5.41) is 8.77. The van der Waals surface area contributed by atoms with E-state index in [9.17, 15) is 4.79 Å². The first-order chi connectivity index (χ1) is 15.1. The van der Waals surface area contributed by atoms with Gasteiger partial charge in [-0.05, 0) is 70.8 Å². The van der Waals surface area contributed by atoms with Crippen molar-refractivity contribution in [1.29, 1.82) is 0 Å². The zero-order chi connectivity index (χ0) is 22.6. The minimum Gasteiger partial charge on any atom is -0.489 e. The number of carbonyl (C=O) groups is 1. The molecular weight excluding hydrogens is 404 g/mol. The molecule has 0 heterocycles. The molecule has 0 radical (unpaired) electrons. The van der Waals surface area contributed by atoms with E-state index in [1.807, 2.05) is 50.3 Å². The first kappa shape index (κ1) is 24.3. The summed E-state index contributed by atoms with van der Waals surface area (Å²) in [6.07, 6.45) is 4.62. The normalized spacial score (nSPS) is 10.0. The van der Waals surface area contributed by atoms with Crippen LogP contribution >= 0.6 is 11.8 Å². The van der Waals surface area contributed by atoms with Crippen LogP contribution in [-0.2, 0) is 17.8 Å². The molecule has 0 fully saturated rings. The summed E-state index contributed by atoms with van der Waals surface area (Å²) in [5.74, 6) is -0.0127. The zero-order valence-corrected chi connectivity index (χ0v) is 19.2. The molecule has 0 aliphatic heterocycles. The molecule has 0 aromatic heterocycles. The molecule has 3 rings (SSSR count). The lowest BCUT2D eigenvalue weighted by Gasteiger charge is -2.10. The van der Waals surface area contributed by atoms with Crippen LogP contribution in [0.3, 0.4) is 0 Å². The second-order valence-corrected chi connectivity index (χ2v) is 7.54. The minimum atomic E-state index is -0.784. The number of thioether (sulfide) groups is 1. The number of carboxylic acids is 1. The van der Waals surface area contributed by atoms with Gasteiger partial charge >= 0.3 is 5.97 Å². The quantitative estimate of drug-likeness (QED) is 0.358. The van der Waals surface area contributed by atoms with Crippen LogP contribution in [-0.4, -0.2) is 17.3 Å². The number of hydrogen-bond donors (Lipinski definition) is 1. The van der Waals surface area contributed by atoms with Crippen molar-refractivity contribution in [3.63, 3.8) is 0 Å². The van der Waals surface area contributed by atoms with Crippen molar-refractivity contribution in [3.05, 3.63) is 90.0 Å². The Kier molecular flexibility index (Phi) is 9.92. The van der Waals surface area contributed by atoms with Crippen LogP contribution in [0.5, 0.6) is 5.75 Å². The molecule has 0 saturated carbocycles. The van der Waals surface area contributed by atoms with Crippen LogP contribution in [0.4, 0.5) is 0 Å². The molecule has 31 heavy (non-hydrogen) atoms. The van der Waals surface area contributed by atoms with Crippen molar-refractivity contribution in [1.82, 2.24) is 0 Å². The van der Waals surface area contributed by atoms with Crippen molar-refractivity contribution < 1.29 is 14.6 Å². The largest absolute Gasteiger partial charge is 0.489 e. The van der Waals surface area contributed by atoms with Crippen LogP contribution < -0.4 is 4.74 Å². The molecule has 0 bridgehead atoms. The molecule has 1 N–H and O–H groups in total. The Balaban J connectivity index is 0.00000166. The van der Waals surface area contributed by atoms with Gasteiger partial charge in [0, 0.05) is 11.3 Å². The number of aliphatic carboxylic acids is 1. The second kappa shape index (κ2) is 12.7. The Morgan fingerprint density at radius 2 is 1.71 bits per heavy atom. The lowest BCUT2D eigenvalue weighted by molar-refractivity contribution is -0.136. The molecule has 0 amide bonds. The smallest absolute Gasteiger partial charge is 0.303 e. The first-order valence-corrected chi connectivity index (χ1v) is 11.6. The maximum atomic E-state index is 10.7. The van der Waals surface area contributed by atoms with Gasteiger partial charge in [-0.25, -0.2) is 0 Å². The van der Waals surface area contributed by atoms with E-state index >= 15 is 0 Å². The van der Waals surface area contributed by atoms with E-state index in [0.29, 0.717) is 13.0 Å². The van der Waals surface area contributed by atoms with E-state index in [4.69, 9.17) is 9.84 Å². The van der Waals surface area contributed by atoms with Gasteiger partial charge in [-0.1, -0.05) is 62.9 Å². The number of benzene rings is 3. The van der Waals surface area contributed by atoms with E-state index in [0.717, 1.165) is 33.6 Å². The molecule has 3 aromatic carbocycles. The summed E-state index contributed by atoms with van der Waals surface area (Å²) >= 11 is 1.72. The highest BCUT2D eigenvalue weighted by atomic mass is 32.2. The number of aryl methyl sites for hydroxylation is 1. The third kappa shape index (κ3) is 7.34. The topological polar surface area (TPSA) is 46.5 Å². The Labute approximate surface area is 189 Å². The molecule has 162 valence electrons. The van der Waals surface area contributed by atoms with Crippen molar-refractivity contribution in [2.24, 2.45) is 0 Å². The summed E-state index contributed by atoms with van der Waals surface area (Å²) in [4.78, 5) is 11.9. The molecule has 4 heteroatoms. The van der Waals surface area contributed by atoms with E-state index in [2.05, 4.69) is 49.2 Å². The zero-order valence-electron chi connectivity index (χ0n) is 18.4. The molecule has 0 unspecified atom stereocenters. The van der Waals surface area contributed by atoms with Crippen LogP contribution in [0, 0.1) is 0 Å². The van der Waals surface area contributed by atoms with Gasteiger partial charge in [0.25, 0.3) is 0 Å². The van der Waals surface area contributed by atoms with Crippen LogP contribution in [0.15, 0.2) is 78.2 Å². The minimum absolute atomic E-state index is 0.137. The highest BCUT2D eigenvalue weighted by molar-refractivity contribution is 7.98. The van der Waals surface area contributed by atoms with Gasteiger partial charge in [0.05, 0.1) is 0 Å². The number of rotatable bonds is 9. The van der Waals surface area contributed by atoms with Crippen LogP contribution in [0.1, 0.15) is 37.0 Å². The fourth-order valence-corrected chi connectivity index (χ4v) is 3.67. The van der Waals surface area contributed by atoms with E-state index < -0.39 is 5.97 Å². The average molecular weight is 435 g/mol. The summed E-state index contributed by atoms with van der Waals surface area (Å²) in [6.45, 7) is 8.39. The highest BCUT2D eigenvalue weighted by Gasteiger charge is 2.05. The molecule has 3 aromatic rings. The molecular formula is C27H30O3S. The third-order valence-corrected chi connectivity index (χ3v) is 5.48. The molecule has 0 aliphatic carbocycles. The summed E-state index contributed by atoms with van der Waals surface area (Å²) < 4.78 is 5.91. The Bertz CT molecular complexity index is 994. The summed E-state index contributed by atoms with van der Waals surface area (Å²) in [5.41, 5.74) is 5.52. The van der Waals surface area contributed by atoms with E-state index in [1.165, 1.54) is 4.90 Å². The van der Waals surface area contributed by atoms with Crippen LogP contribution in [0.2, 0.25) is 0 Å². The Morgan fingerprint density at radius 1 is 1.00 bits per heavy atom. The van der Waals surface area contributed by atoms with E-state index in [-0.39, 0.29) is 6.42 Å². The summed E-state index contributed by atoms with van der Waals surface area (Å²) in [6, 6.07) is 22.4. The number of carboxylic acid groups (broad SMARTS) is 1. The summed E-state index contributed by atoms with van der Waals surface area (Å²) in [7, 11) is 0. The van der Waals surface area contributed by atoms with Crippen molar-refractivity contribution in [3.8, 4) is 16.9 Å². The number of ether oxygens (including phenoxy) is 1. The average Bonchev–Trinajstić information content (AvgIpc) is 2.83.